The molecule has 3 aromatic heterocycles. The number of nitrogens with zero attached hydrogens (tertiary/aromatic N) is 4. The minimum atomic E-state index is -0.174. The van der Waals surface area contributed by atoms with Gasteiger partial charge in [-0.25, -0.2) is 9.67 Å². The van der Waals surface area contributed by atoms with E-state index in [1.54, 1.807) is 0 Å². The molecule has 0 unspecified atom stereocenters. The van der Waals surface area contributed by atoms with E-state index in [1.807, 2.05) is 52.2 Å². The molecule has 0 spiro atoms. The van der Waals surface area contributed by atoms with Gasteiger partial charge in [0.25, 0.3) is 5.91 Å². The third-order valence-electron chi connectivity index (χ3n) is 5.28. The van der Waals surface area contributed by atoms with E-state index in [4.69, 9.17) is 5.10 Å². The average molecular weight is 404 g/mol. The first-order valence-corrected chi connectivity index (χ1v) is 10.7. The summed E-state index contributed by atoms with van der Waals surface area (Å²) in [7, 11) is 0. The zero-order valence-electron chi connectivity index (χ0n) is 16.6. The van der Waals surface area contributed by atoms with Gasteiger partial charge in [0.1, 0.15) is 17.2 Å². The molecular formula is C22H21N5OS. The van der Waals surface area contributed by atoms with Gasteiger partial charge in [0.15, 0.2) is 0 Å². The van der Waals surface area contributed by atoms with Gasteiger partial charge in [0.2, 0.25) is 0 Å². The minimum absolute atomic E-state index is 0.174. The Morgan fingerprint density at radius 2 is 2.00 bits per heavy atom. The highest BCUT2D eigenvalue weighted by atomic mass is 32.2. The maximum atomic E-state index is 13.3. The van der Waals surface area contributed by atoms with Crippen LogP contribution in [-0.2, 0) is 11.5 Å². The van der Waals surface area contributed by atoms with Crippen LogP contribution in [0.5, 0.6) is 0 Å². The van der Waals surface area contributed by atoms with Gasteiger partial charge in [-0.3, -0.25) is 9.20 Å². The number of imidazole rings is 1. The smallest absolute Gasteiger partial charge is 0.275 e. The Balaban J connectivity index is 1.61. The highest BCUT2D eigenvalue weighted by Crippen LogP contribution is 2.37. The first kappa shape index (κ1) is 18.0. The second kappa shape index (κ2) is 6.77. The standard InChI is InChI=1S/C22H21N5OS/c1-13-7-8-18(14(2)10-13)27-21(16-11-29-12-17(16)25-27)24-22(28)20-15(3)23-19-6-4-5-9-26(19)20/h4-10H,11-12H2,1-3H3,(H,24,28). The number of rotatable bonds is 3. The van der Waals surface area contributed by atoms with Crippen molar-refractivity contribution in [1.82, 2.24) is 19.2 Å². The molecule has 146 valence electrons. The van der Waals surface area contributed by atoms with Crippen LogP contribution < -0.4 is 5.32 Å². The lowest BCUT2D eigenvalue weighted by Gasteiger charge is -2.13. The average Bonchev–Trinajstić information content (AvgIpc) is 3.35. The van der Waals surface area contributed by atoms with E-state index in [0.29, 0.717) is 11.4 Å². The molecule has 0 saturated carbocycles. The number of carbonyl (C=O) groups is 1. The van der Waals surface area contributed by atoms with Gasteiger partial charge in [-0.05, 0) is 44.5 Å². The summed E-state index contributed by atoms with van der Waals surface area (Å²) < 4.78 is 3.72. The first-order valence-electron chi connectivity index (χ1n) is 9.54. The summed E-state index contributed by atoms with van der Waals surface area (Å²) >= 11 is 1.82. The molecule has 7 heteroatoms. The van der Waals surface area contributed by atoms with Crippen LogP contribution in [0.4, 0.5) is 5.82 Å². The molecular weight excluding hydrogens is 382 g/mol. The zero-order valence-corrected chi connectivity index (χ0v) is 17.4. The first-order chi connectivity index (χ1) is 14.0. The summed E-state index contributed by atoms with van der Waals surface area (Å²) in [6.45, 7) is 6.01. The quantitative estimate of drug-likeness (QED) is 0.549. The molecule has 0 atom stereocenters. The Morgan fingerprint density at radius 1 is 1.14 bits per heavy atom. The molecule has 1 amide bonds. The van der Waals surface area contributed by atoms with Crippen molar-refractivity contribution in [3.63, 3.8) is 0 Å². The second-order valence-corrected chi connectivity index (χ2v) is 8.38. The van der Waals surface area contributed by atoms with Crippen molar-refractivity contribution in [2.24, 2.45) is 0 Å². The van der Waals surface area contributed by atoms with Crippen molar-refractivity contribution < 1.29 is 4.79 Å². The molecule has 1 aliphatic rings. The molecule has 5 rings (SSSR count). The van der Waals surface area contributed by atoms with E-state index in [1.165, 1.54) is 5.56 Å². The van der Waals surface area contributed by atoms with Gasteiger partial charge >= 0.3 is 0 Å². The number of carbonyl (C=O) groups excluding carboxylic acids is 1. The number of thioether (sulfide) groups is 1. The highest BCUT2D eigenvalue weighted by Gasteiger charge is 2.27. The van der Waals surface area contributed by atoms with Gasteiger partial charge in [-0.1, -0.05) is 23.8 Å². The number of anilines is 1. The summed E-state index contributed by atoms with van der Waals surface area (Å²) in [5, 5.41) is 7.98. The summed E-state index contributed by atoms with van der Waals surface area (Å²) in [4.78, 5) is 17.8. The summed E-state index contributed by atoms with van der Waals surface area (Å²) in [6, 6.07) is 12.0. The van der Waals surface area contributed by atoms with Gasteiger partial charge in [0.05, 0.1) is 17.1 Å². The number of aryl methyl sites for hydroxylation is 3. The number of hydrogen-bond donors (Lipinski definition) is 1. The van der Waals surface area contributed by atoms with Crippen molar-refractivity contribution in [2.45, 2.75) is 32.3 Å². The van der Waals surface area contributed by atoms with Crippen LogP contribution in [0.3, 0.4) is 0 Å². The Labute approximate surface area is 173 Å². The van der Waals surface area contributed by atoms with Crippen LogP contribution in [0.15, 0.2) is 42.6 Å². The lowest BCUT2D eigenvalue weighted by molar-refractivity contribution is 0.102. The van der Waals surface area contributed by atoms with E-state index in [2.05, 4.69) is 42.3 Å². The van der Waals surface area contributed by atoms with Crippen molar-refractivity contribution in [3.05, 3.63) is 76.4 Å². The second-order valence-electron chi connectivity index (χ2n) is 7.40. The maximum absolute atomic E-state index is 13.3. The zero-order chi connectivity index (χ0) is 20.1. The van der Waals surface area contributed by atoms with Crippen molar-refractivity contribution in [1.29, 1.82) is 0 Å². The molecule has 1 aromatic carbocycles. The molecule has 0 saturated heterocycles. The fourth-order valence-corrected chi connectivity index (χ4v) is 4.95. The minimum Gasteiger partial charge on any atom is -0.305 e. The van der Waals surface area contributed by atoms with Gasteiger partial charge in [-0.15, -0.1) is 0 Å². The predicted octanol–water partition coefficient (Wildman–Crippen LogP) is 4.44. The van der Waals surface area contributed by atoms with E-state index in [0.717, 1.165) is 45.5 Å². The molecule has 0 aliphatic carbocycles. The van der Waals surface area contributed by atoms with Crippen LogP contribution in [0.25, 0.3) is 11.3 Å². The molecule has 1 aliphatic heterocycles. The highest BCUT2D eigenvalue weighted by molar-refractivity contribution is 7.98. The molecule has 0 radical (unpaired) electrons. The number of pyridine rings is 1. The van der Waals surface area contributed by atoms with Crippen molar-refractivity contribution in [2.75, 3.05) is 5.32 Å². The van der Waals surface area contributed by atoms with Crippen molar-refractivity contribution in [3.8, 4) is 5.69 Å². The monoisotopic (exact) mass is 403 g/mol. The fourth-order valence-electron chi connectivity index (χ4n) is 3.91. The molecule has 0 fully saturated rings. The number of nitrogens with one attached hydrogen (secondary N) is 1. The predicted molar refractivity (Wildman–Crippen MR) is 116 cm³/mol. The van der Waals surface area contributed by atoms with E-state index < -0.39 is 0 Å². The van der Waals surface area contributed by atoms with Gasteiger partial charge in [0, 0.05) is 23.3 Å². The maximum Gasteiger partial charge on any atom is 0.275 e. The van der Waals surface area contributed by atoms with Gasteiger partial charge in [-0.2, -0.15) is 16.9 Å². The van der Waals surface area contributed by atoms with E-state index in [9.17, 15) is 4.79 Å². The van der Waals surface area contributed by atoms with Gasteiger partial charge < -0.3 is 5.32 Å². The van der Waals surface area contributed by atoms with Crippen LogP contribution >= 0.6 is 11.8 Å². The summed E-state index contributed by atoms with van der Waals surface area (Å²) in [5.41, 5.74) is 7.48. The normalized spacial score (nSPS) is 13.1. The van der Waals surface area contributed by atoms with Crippen molar-refractivity contribution >= 4 is 29.1 Å². The summed E-state index contributed by atoms with van der Waals surface area (Å²) in [6.07, 6.45) is 1.87. The topological polar surface area (TPSA) is 64.2 Å². The van der Waals surface area contributed by atoms with Crippen LogP contribution in [0.1, 0.15) is 38.6 Å². The Bertz CT molecular complexity index is 1270. The lowest BCUT2D eigenvalue weighted by atomic mass is 10.1. The number of aromatic nitrogens is 4. The fraction of sp³-hybridized carbons (Fsp3) is 0.227. The lowest BCUT2D eigenvalue weighted by Crippen LogP contribution is -2.19. The van der Waals surface area contributed by atoms with Crippen LogP contribution in [-0.4, -0.2) is 25.1 Å². The Morgan fingerprint density at radius 3 is 2.83 bits per heavy atom. The summed E-state index contributed by atoms with van der Waals surface area (Å²) in [5.74, 6) is 2.30. The van der Waals surface area contributed by atoms with E-state index >= 15 is 0 Å². The number of amides is 1. The molecule has 4 aromatic rings. The number of hydrogen-bond acceptors (Lipinski definition) is 4. The van der Waals surface area contributed by atoms with Crippen LogP contribution in [0.2, 0.25) is 0 Å². The number of benzene rings is 1. The van der Waals surface area contributed by atoms with Crippen LogP contribution in [0, 0.1) is 20.8 Å². The molecule has 0 bridgehead atoms. The third kappa shape index (κ3) is 2.93. The SMILES string of the molecule is Cc1ccc(-n2nc3c(c2NC(=O)c2c(C)nc4ccccn24)CSC3)c(C)c1. The Kier molecular flexibility index (Phi) is 4.20. The molecule has 6 nitrogen and oxygen atoms in total. The molecule has 29 heavy (non-hydrogen) atoms. The largest absolute Gasteiger partial charge is 0.305 e. The third-order valence-corrected chi connectivity index (χ3v) is 6.25. The molecule has 4 heterocycles. The number of fused-ring (bicyclic) bond motifs is 2. The Hall–Kier alpha value is -3.06. The molecule has 1 N–H and O–H groups in total. The van der Waals surface area contributed by atoms with E-state index in [-0.39, 0.29) is 5.91 Å².